The molecule has 1 aromatic rings. The van der Waals surface area contributed by atoms with E-state index in [-0.39, 0.29) is 0 Å². The summed E-state index contributed by atoms with van der Waals surface area (Å²) in [6, 6.07) is 11.2. The predicted octanol–water partition coefficient (Wildman–Crippen LogP) is 6.70. The van der Waals surface area contributed by atoms with E-state index in [9.17, 15) is 0 Å². The Morgan fingerprint density at radius 3 is 1.58 bits per heavy atom. The van der Waals surface area contributed by atoms with Gasteiger partial charge in [0.15, 0.2) is 0 Å². The van der Waals surface area contributed by atoms with E-state index in [0.29, 0.717) is 0 Å². The Morgan fingerprint density at radius 2 is 1.08 bits per heavy atom. The molecule has 3 fully saturated rings. The molecule has 3 aliphatic rings. The zero-order valence-electron chi connectivity index (χ0n) is 15.2. The van der Waals surface area contributed by atoms with Crippen LogP contribution in [0.15, 0.2) is 30.3 Å². The van der Waals surface area contributed by atoms with Gasteiger partial charge in [-0.25, -0.2) is 0 Å². The van der Waals surface area contributed by atoms with Gasteiger partial charge in [-0.1, -0.05) is 30.3 Å². The summed E-state index contributed by atoms with van der Waals surface area (Å²) < 4.78 is 0. The van der Waals surface area contributed by atoms with Gasteiger partial charge in [-0.15, -0.1) is 0 Å². The van der Waals surface area contributed by atoms with Crippen molar-refractivity contribution in [3.05, 3.63) is 35.9 Å². The van der Waals surface area contributed by atoms with E-state index in [2.05, 4.69) is 30.3 Å². The van der Waals surface area contributed by atoms with Crippen molar-refractivity contribution in [3.8, 4) is 0 Å². The second kappa shape index (κ2) is 7.53. The maximum atomic E-state index is 7.48. The van der Waals surface area contributed by atoms with Gasteiger partial charge in [0, 0.05) is 0 Å². The van der Waals surface area contributed by atoms with Crippen LogP contribution in [-0.4, -0.2) is 24.5 Å². The average Bonchev–Trinajstić information content (AvgIpc) is 3.36. The first-order valence-corrected chi connectivity index (χ1v) is 12.6. The van der Waals surface area contributed by atoms with Gasteiger partial charge in [0.2, 0.25) is 0 Å². The summed E-state index contributed by atoms with van der Waals surface area (Å²) in [5, 5.41) is 0. The zero-order valence-corrected chi connectivity index (χ0v) is 16.1. The molecule has 4 rings (SSSR count). The molecule has 24 heavy (non-hydrogen) atoms. The van der Waals surface area contributed by atoms with Gasteiger partial charge >= 0.3 is 7.57 Å². The van der Waals surface area contributed by atoms with Crippen LogP contribution < -0.4 is 0 Å². The third-order valence-electron chi connectivity index (χ3n) is 7.51. The maximum Gasteiger partial charge on any atom is 0.366 e. The second-order valence-electron chi connectivity index (χ2n) is 8.69. The lowest BCUT2D eigenvalue weighted by Gasteiger charge is -2.44. The van der Waals surface area contributed by atoms with Crippen molar-refractivity contribution in [1.29, 1.82) is 0 Å². The highest BCUT2D eigenvalue weighted by molar-refractivity contribution is 7.99. The summed E-state index contributed by atoms with van der Waals surface area (Å²) in [6.07, 6.45) is 17.2. The van der Waals surface area contributed by atoms with Crippen molar-refractivity contribution in [2.75, 3.05) is 0 Å². The monoisotopic (exact) mass is 339 g/mol. The maximum absolute atomic E-state index is 7.48. The molecule has 0 nitrogen and oxygen atoms in total. The van der Waals surface area contributed by atoms with E-state index in [1.807, 2.05) is 0 Å². The Balaban J connectivity index is 1.48. The Kier molecular flexibility index (Phi) is 5.38. The molecule has 3 saturated carbocycles. The third kappa shape index (κ3) is 3.23. The topological polar surface area (TPSA) is 0 Å². The minimum absolute atomic E-state index is 0.794. The number of benzene rings is 1. The molecule has 2 radical (unpaired) electrons. The molecule has 0 aliphatic heterocycles. The molecule has 0 spiro atoms. The predicted molar refractivity (Wildman–Crippen MR) is 109 cm³/mol. The van der Waals surface area contributed by atoms with Crippen molar-refractivity contribution >= 4 is 14.7 Å². The molecule has 3 aliphatic carbocycles. The van der Waals surface area contributed by atoms with Gasteiger partial charge < -0.3 is 0 Å². The van der Waals surface area contributed by atoms with Crippen molar-refractivity contribution < 1.29 is 0 Å². The SMILES string of the molecule is [B][P+](C1CCCC1)(C1CCCC1)C1CCC(c2ccccc2)CC1. The van der Waals surface area contributed by atoms with Crippen LogP contribution in [0.4, 0.5) is 0 Å². The largest absolute Gasteiger partial charge is 0.366 e. The molecule has 128 valence electrons. The minimum Gasteiger partial charge on any atom is -0.0622 e. The van der Waals surface area contributed by atoms with Crippen LogP contribution in [0, 0.1) is 0 Å². The first-order chi connectivity index (χ1) is 11.8. The van der Waals surface area contributed by atoms with Gasteiger partial charge in [-0.2, -0.15) is 0 Å². The first-order valence-electron chi connectivity index (χ1n) is 10.5. The van der Waals surface area contributed by atoms with E-state index in [0.717, 1.165) is 22.9 Å². The van der Waals surface area contributed by atoms with Crippen LogP contribution >= 0.6 is 7.14 Å². The van der Waals surface area contributed by atoms with E-state index in [1.54, 1.807) is 5.56 Å². The van der Waals surface area contributed by atoms with Crippen molar-refractivity contribution in [1.82, 2.24) is 0 Å². The zero-order chi connectivity index (χ0) is 16.4. The smallest absolute Gasteiger partial charge is 0.0622 e. The lowest BCUT2D eigenvalue weighted by Crippen LogP contribution is -2.32. The quantitative estimate of drug-likeness (QED) is 0.423. The van der Waals surface area contributed by atoms with E-state index in [4.69, 9.17) is 7.57 Å². The molecule has 2 heteroatoms. The average molecular weight is 339 g/mol. The van der Waals surface area contributed by atoms with E-state index in [1.165, 1.54) is 77.0 Å². The summed E-state index contributed by atoms with van der Waals surface area (Å²) in [7, 11) is 6.22. The lowest BCUT2D eigenvalue weighted by atomic mass is 9.84. The molecule has 0 heterocycles. The van der Waals surface area contributed by atoms with Gasteiger partial charge in [0.1, 0.15) is 0 Å². The van der Waals surface area contributed by atoms with Crippen LogP contribution in [0.5, 0.6) is 0 Å². The minimum atomic E-state index is -1.26. The van der Waals surface area contributed by atoms with Crippen LogP contribution in [0.2, 0.25) is 0 Å². The van der Waals surface area contributed by atoms with Crippen molar-refractivity contribution in [2.24, 2.45) is 0 Å². The van der Waals surface area contributed by atoms with Gasteiger partial charge in [0.05, 0.1) is 17.0 Å². The van der Waals surface area contributed by atoms with Crippen LogP contribution in [0.1, 0.15) is 88.5 Å². The molecule has 0 atom stereocenters. The molecule has 0 amide bonds. The normalized spacial score (nSPS) is 30.0. The molecule has 0 N–H and O–H groups in total. The highest BCUT2D eigenvalue weighted by atomic mass is 31.2. The number of hydrogen-bond acceptors (Lipinski definition) is 0. The first kappa shape index (κ1) is 17.1. The Morgan fingerprint density at radius 1 is 0.625 bits per heavy atom. The summed E-state index contributed by atoms with van der Waals surface area (Å²) in [4.78, 5) is 0. The van der Waals surface area contributed by atoms with Gasteiger partial charge in [0.25, 0.3) is 0 Å². The molecule has 0 saturated heterocycles. The van der Waals surface area contributed by atoms with Gasteiger partial charge in [-0.3, -0.25) is 0 Å². The van der Waals surface area contributed by atoms with Crippen LogP contribution in [-0.2, 0) is 0 Å². The lowest BCUT2D eigenvalue weighted by molar-refractivity contribution is 0.444. The van der Waals surface area contributed by atoms with E-state index >= 15 is 0 Å². The Labute approximate surface area is 150 Å². The summed E-state index contributed by atoms with van der Waals surface area (Å²) >= 11 is 0. The highest BCUT2D eigenvalue weighted by Crippen LogP contribution is 2.75. The Hall–Kier alpha value is -0.285. The third-order valence-corrected chi connectivity index (χ3v) is 12.9. The standard InChI is InChI=1S/C22H33BP/c23-24(20-10-4-5-11-20,21-12-6-7-13-21)22-16-14-19(15-17-22)18-8-2-1-3-9-18/h1-3,8-9,19-22H,4-7,10-17H2/q+1. The fourth-order valence-electron chi connectivity index (χ4n) is 6.18. The van der Waals surface area contributed by atoms with Gasteiger partial charge in [-0.05, 0) is 95.7 Å². The summed E-state index contributed by atoms with van der Waals surface area (Å²) in [6.45, 7) is 0. The fraction of sp³-hybridized carbons (Fsp3) is 0.727. The number of rotatable bonds is 4. The van der Waals surface area contributed by atoms with Crippen molar-refractivity contribution in [3.63, 3.8) is 0 Å². The molecule has 0 aromatic heterocycles. The molecular weight excluding hydrogens is 306 g/mol. The number of hydrogen-bond donors (Lipinski definition) is 0. The van der Waals surface area contributed by atoms with Crippen LogP contribution in [0.25, 0.3) is 0 Å². The van der Waals surface area contributed by atoms with Crippen LogP contribution in [0.3, 0.4) is 0 Å². The van der Waals surface area contributed by atoms with Crippen molar-refractivity contribution in [2.45, 2.75) is 99.9 Å². The fourth-order valence-corrected chi connectivity index (χ4v) is 11.7. The highest BCUT2D eigenvalue weighted by Gasteiger charge is 2.54. The summed E-state index contributed by atoms with van der Waals surface area (Å²) in [5.41, 5.74) is 4.32. The van der Waals surface area contributed by atoms with E-state index < -0.39 is 7.14 Å². The molecular formula is C22H33BP+. The molecule has 0 unspecified atom stereocenters. The second-order valence-corrected chi connectivity index (χ2v) is 12.7. The summed E-state index contributed by atoms with van der Waals surface area (Å²) in [5.74, 6) is 0.794. The Bertz CT molecular complexity index is 492. The molecule has 1 aromatic carbocycles. The molecule has 0 bridgehead atoms.